The lowest BCUT2D eigenvalue weighted by atomic mass is 10.1. The summed E-state index contributed by atoms with van der Waals surface area (Å²) in [4.78, 5) is 99.7. The molecule has 16 heteroatoms. The zero-order valence-electron chi connectivity index (χ0n) is 22.3. The van der Waals surface area contributed by atoms with E-state index in [-0.39, 0.29) is 38.8 Å². The van der Waals surface area contributed by atoms with Crippen molar-refractivity contribution in [2.75, 3.05) is 19.6 Å². The van der Waals surface area contributed by atoms with Crippen LogP contribution in [-0.2, 0) is 38.4 Å². The van der Waals surface area contributed by atoms with E-state index in [9.17, 15) is 43.5 Å². The van der Waals surface area contributed by atoms with Gasteiger partial charge in [0, 0.05) is 32.9 Å². The Morgan fingerprint density at radius 1 is 0.800 bits per heavy atom. The minimum absolute atomic E-state index is 0.131. The van der Waals surface area contributed by atoms with Gasteiger partial charge in [-0.3, -0.25) is 33.6 Å². The Kier molecular flexibility index (Phi) is 11.8. The predicted molar refractivity (Wildman–Crippen MR) is 137 cm³/mol. The first kappa shape index (κ1) is 32.0. The van der Waals surface area contributed by atoms with Gasteiger partial charge in [0.1, 0.15) is 24.2 Å². The number of hydrogen-bond acceptors (Lipinski definition) is 8. The molecule has 0 aromatic rings. The van der Waals surface area contributed by atoms with E-state index in [1.807, 2.05) is 0 Å². The standard InChI is InChI=1S/C24H37N7O9/c1-13(32)28-15(7-9-19(26)34)22(37)29-14(6-8-18(25)33)21(36)27-12-20(35)30-10-2-4-16(30)23(38)31-11-3-5-17(31)24(39)40/h14-17H,2-12H2,1H3,(H2,25,33)(H2,26,34)(H,27,36)(H,28,32)(H,29,37)(H,39,40)/t14-,15-,16-,17-/m0/s1. The average molecular weight is 568 g/mol. The Morgan fingerprint density at radius 3 is 1.85 bits per heavy atom. The molecule has 0 bridgehead atoms. The predicted octanol–water partition coefficient (Wildman–Crippen LogP) is -3.31. The number of likely N-dealkylation sites (tertiary alicyclic amines) is 2. The molecule has 0 spiro atoms. The van der Waals surface area contributed by atoms with Crippen molar-refractivity contribution in [1.82, 2.24) is 25.8 Å². The molecule has 222 valence electrons. The van der Waals surface area contributed by atoms with E-state index >= 15 is 0 Å². The van der Waals surface area contributed by atoms with E-state index in [1.165, 1.54) is 9.80 Å². The Morgan fingerprint density at radius 2 is 1.32 bits per heavy atom. The quantitative estimate of drug-likeness (QED) is 0.123. The Balaban J connectivity index is 2.04. The number of amides is 7. The van der Waals surface area contributed by atoms with E-state index in [2.05, 4.69) is 16.0 Å². The number of aliphatic carboxylic acids is 1. The summed E-state index contributed by atoms with van der Waals surface area (Å²) in [7, 11) is 0. The number of nitrogens with zero attached hydrogens (tertiary/aromatic N) is 2. The van der Waals surface area contributed by atoms with Crippen molar-refractivity contribution < 1.29 is 43.5 Å². The van der Waals surface area contributed by atoms with Gasteiger partial charge in [-0.05, 0) is 38.5 Å². The molecular weight excluding hydrogens is 530 g/mol. The van der Waals surface area contributed by atoms with E-state index in [0.717, 1.165) is 6.92 Å². The average Bonchev–Trinajstić information content (AvgIpc) is 3.56. The second-order valence-electron chi connectivity index (χ2n) is 9.82. The molecule has 0 saturated carbocycles. The van der Waals surface area contributed by atoms with Crippen molar-refractivity contribution in [2.24, 2.45) is 11.5 Å². The van der Waals surface area contributed by atoms with Gasteiger partial charge >= 0.3 is 5.97 Å². The van der Waals surface area contributed by atoms with Crippen molar-refractivity contribution >= 4 is 47.3 Å². The van der Waals surface area contributed by atoms with E-state index in [1.54, 1.807) is 0 Å². The van der Waals surface area contributed by atoms with Crippen molar-refractivity contribution in [3.8, 4) is 0 Å². The highest BCUT2D eigenvalue weighted by Crippen LogP contribution is 2.25. The van der Waals surface area contributed by atoms with E-state index in [0.29, 0.717) is 25.7 Å². The summed E-state index contributed by atoms with van der Waals surface area (Å²) in [6, 6.07) is -4.29. The fraction of sp³-hybridized carbons (Fsp3) is 0.667. The molecule has 0 aromatic carbocycles. The maximum absolute atomic E-state index is 13.1. The highest BCUT2D eigenvalue weighted by atomic mass is 16.4. The molecule has 2 fully saturated rings. The zero-order valence-corrected chi connectivity index (χ0v) is 22.3. The fourth-order valence-corrected chi connectivity index (χ4v) is 4.82. The van der Waals surface area contributed by atoms with Crippen molar-refractivity contribution in [1.29, 1.82) is 0 Å². The number of carboxylic acids is 1. The smallest absolute Gasteiger partial charge is 0.326 e. The first-order valence-corrected chi connectivity index (χ1v) is 13.1. The summed E-state index contributed by atoms with van der Waals surface area (Å²) in [5.41, 5.74) is 10.3. The molecule has 2 heterocycles. The number of nitrogens with one attached hydrogen (secondary N) is 3. The van der Waals surface area contributed by atoms with E-state index < -0.39 is 78.0 Å². The number of rotatable bonds is 14. The third kappa shape index (κ3) is 9.20. The SMILES string of the molecule is CC(=O)N[C@@H](CCC(N)=O)C(=O)N[C@@H](CCC(N)=O)C(=O)NCC(=O)N1CCC[C@H]1C(=O)N1CCC[C@H]1C(=O)O. The van der Waals surface area contributed by atoms with Crippen LogP contribution in [0.3, 0.4) is 0 Å². The van der Waals surface area contributed by atoms with Gasteiger partial charge in [-0.1, -0.05) is 0 Å². The highest BCUT2D eigenvalue weighted by molar-refractivity contribution is 5.95. The summed E-state index contributed by atoms with van der Waals surface area (Å²) in [5, 5.41) is 16.6. The molecule has 2 aliphatic rings. The molecule has 2 aliphatic heterocycles. The molecule has 16 nitrogen and oxygen atoms in total. The minimum Gasteiger partial charge on any atom is -0.480 e. The summed E-state index contributed by atoms with van der Waals surface area (Å²) >= 11 is 0. The van der Waals surface area contributed by atoms with Gasteiger partial charge in [0.2, 0.25) is 41.4 Å². The molecule has 0 unspecified atom stereocenters. The highest BCUT2D eigenvalue weighted by Gasteiger charge is 2.42. The van der Waals surface area contributed by atoms with Crippen molar-refractivity contribution in [2.45, 2.75) is 82.5 Å². The number of carboxylic acid groups (broad SMARTS) is 1. The van der Waals surface area contributed by atoms with Gasteiger partial charge in [0.15, 0.2) is 0 Å². The first-order valence-electron chi connectivity index (χ1n) is 13.1. The largest absolute Gasteiger partial charge is 0.480 e. The molecule has 7 amide bonds. The third-order valence-electron chi connectivity index (χ3n) is 6.78. The molecule has 8 N–H and O–H groups in total. The van der Waals surface area contributed by atoms with Crippen LogP contribution >= 0.6 is 0 Å². The topological polar surface area (TPSA) is 251 Å². The maximum atomic E-state index is 13.1. The van der Waals surface area contributed by atoms with Gasteiger partial charge in [0.05, 0.1) is 6.54 Å². The molecular formula is C24H37N7O9. The lowest BCUT2D eigenvalue weighted by molar-refractivity contribution is -0.151. The second kappa shape index (κ2) is 14.8. The van der Waals surface area contributed by atoms with Crippen LogP contribution < -0.4 is 27.4 Å². The van der Waals surface area contributed by atoms with Crippen LogP contribution in [0.4, 0.5) is 0 Å². The Hall–Kier alpha value is -4.24. The van der Waals surface area contributed by atoms with Gasteiger partial charge < -0.3 is 42.3 Å². The monoisotopic (exact) mass is 567 g/mol. The second-order valence-corrected chi connectivity index (χ2v) is 9.82. The molecule has 0 radical (unpaired) electrons. The van der Waals surface area contributed by atoms with Crippen LogP contribution in [0.5, 0.6) is 0 Å². The lowest BCUT2D eigenvalue weighted by Gasteiger charge is -2.30. The van der Waals surface area contributed by atoms with Crippen LogP contribution in [0.1, 0.15) is 58.3 Å². The molecule has 2 saturated heterocycles. The number of primary amides is 2. The van der Waals surface area contributed by atoms with Gasteiger partial charge in [-0.25, -0.2) is 4.79 Å². The summed E-state index contributed by atoms with van der Waals surface area (Å²) in [5.74, 6) is -5.76. The number of nitrogens with two attached hydrogens (primary N) is 2. The normalized spacial score (nSPS) is 19.8. The molecule has 2 rings (SSSR count). The van der Waals surface area contributed by atoms with Crippen molar-refractivity contribution in [3.05, 3.63) is 0 Å². The van der Waals surface area contributed by atoms with E-state index in [4.69, 9.17) is 11.5 Å². The van der Waals surface area contributed by atoms with Crippen LogP contribution in [0.2, 0.25) is 0 Å². The number of hydrogen-bond donors (Lipinski definition) is 6. The summed E-state index contributed by atoms with van der Waals surface area (Å²) < 4.78 is 0. The van der Waals surface area contributed by atoms with Gasteiger partial charge in [0.25, 0.3) is 0 Å². The lowest BCUT2D eigenvalue weighted by Crippen LogP contribution is -2.55. The number of carbonyl (C=O) groups is 8. The fourth-order valence-electron chi connectivity index (χ4n) is 4.82. The van der Waals surface area contributed by atoms with Crippen molar-refractivity contribution in [3.63, 3.8) is 0 Å². The molecule has 40 heavy (non-hydrogen) atoms. The van der Waals surface area contributed by atoms with Gasteiger partial charge in [-0.15, -0.1) is 0 Å². The first-order chi connectivity index (χ1) is 18.8. The molecule has 0 aliphatic carbocycles. The Labute approximate surface area is 230 Å². The molecule has 0 aromatic heterocycles. The van der Waals surface area contributed by atoms with Crippen LogP contribution in [0.25, 0.3) is 0 Å². The number of carbonyl (C=O) groups excluding carboxylic acids is 7. The summed E-state index contributed by atoms with van der Waals surface area (Å²) in [6.07, 6.45) is 0.925. The third-order valence-corrected chi connectivity index (χ3v) is 6.78. The van der Waals surface area contributed by atoms with Crippen LogP contribution in [0.15, 0.2) is 0 Å². The Bertz CT molecular complexity index is 1030. The maximum Gasteiger partial charge on any atom is 0.326 e. The van der Waals surface area contributed by atoms with Crippen LogP contribution in [0, 0.1) is 0 Å². The van der Waals surface area contributed by atoms with Crippen LogP contribution in [-0.4, -0.2) is 106 Å². The summed E-state index contributed by atoms with van der Waals surface area (Å²) in [6.45, 7) is 1.17. The van der Waals surface area contributed by atoms with Gasteiger partial charge in [-0.2, -0.15) is 0 Å². The molecule has 4 atom stereocenters. The zero-order chi connectivity index (χ0) is 30.0. The minimum atomic E-state index is -1.31.